The van der Waals surface area contributed by atoms with Gasteiger partial charge in [0.25, 0.3) is 0 Å². The highest BCUT2D eigenvalue weighted by Crippen LogP contribution is 2.32. The minimum absolute atomic E-state index is 0.0415. The summed E-state index contributed by atoms with van der Waals surface area (Å²) in [5.74, 6) is 0.742. The number of carbonyl (C=O) groups is 1. The fourth-order valence-corrected chi connectivity index (χ4v) is 1.96. The third kappa shape index (κ3) is 3.52. The summed E-state index contributed by atoms with van der Waals surface area (Å²) in [4.78, 5) is 23.0. The van der Waals surface area contributed by atoms with Crippen LogP contribution in [0.5, 0.6) is 17.2 Å². The van der Waals surface area contributed by atoms with Crippen LogP contribution in [0.2, 0.25) is 0 Å². The van der Waals surface area contributed by atoms with E-state index in [2.05, 4.69) is 5.32 Å². The van der Waals surface area contributed by atoms with E-state index in [0.29, 0.717) is 11.5 Å². The molecule has 118 valence electrons. The van der Waals surface area contributed by atoms with Gasteiger partial charge in [-0.3, -0.25) is 9.59 Å². The van der Waals surface area contributed by atoms with Gasteiger partial charge in [0, 0.05) is 12.1 Å². The molecule has 1 aliphatic heterocycles. The van der Waals surface area contributed by atoms with Crippen LogP contribution in [0.25, 0.3) is 6.08 Å². The number of rotatable bonds is 4. The largest absolute Gasteiger partial charge is 0.502 e. The second kappa shape index (κ2) is 6.27. The van der Waals surface area contributed by atoms with Crippen LogP contribution in [-0.2, 0) is 11.3 Å². The Bertz CT molecular complexity index is 824. The lowest BCUT2D eigenvalue weighted by Gasteiger charge is -2.01. The number of benzene rings is 1. The molecule has 1 aromatic carbocycles. The van der Waals surface area contributed by atoms with Crippen LogP contribution in [0.1, 0.15) is 11.3 Å². The fourth-order valence-electron chi connectivity index (χ4n) is 1.96. The van der Waals surface area contributed by atoms with Gasteiger partial charge in [-0.25, -0.2) is 0 Å². The normalized spacial score (nSPS) is 12.5. The zero-order valence-electron chi connectivity index (χ0n) is 11.9. The number of aromatic hydroxyl groups is 1. The van der Waals surface area contributed by atoms with Crippen molar-refractivity contribution in [2.75, 3.05) is 6.79 Å². The Kier molecular flexibility index (Phi) is 4.01. The molecule has 1 amide bonds. The number of hydrogen-bond donors (Lipinski definition) is 2. The van der Waals surface area contributed by atoms with Crippen molar-refractivity contribution in [3.63, 3.8) is 0 Å². The maximum absolute atomic E-state index is 11.8. The number of hydrogen-bond acceptors (Lipinski definition) is 6. The molecule has 0 atom stereocenters. The minimum atomic E-state index is -0.559. The van der Waals surface area contributed by atoms with Gasteiger partial charge in [0.15, 0.2) is 17.2 Å². The highest BCUT2D eigenvalue weighted by Gasteiger charge is 2.12. The summed E-state index contributed by atoms with van der Waals surface area (Å²) in [5, 5.41) is 11.6. The van der Waals surface area contributed by atoms with Crippen molar-refractivity contribution >= 4 is 12.0 Å². The molecule has 1 aromatic heterocycles. The molecule has 2 N–H and O–H groups in total. The Morgan fingerprint density at radius 2 is 2.09 bits per heavy atom. The van der Waals surface area contributed by atoms with Crippen molar-refractivity contribution in [1.82, 2.24) is 5.32 Å². The van der Waals surface area contributed by atoms with Gasteiger partial charge >= 0.3 is 0 Å². The fraction of sp³-hybridized carbons (Fsp3) is 0.125. The average Bonchev–Trinajstić information content (AvgIpc) is 3.01. The predicted octanol–water partition coefficient (Wildman–Crippen LogP) is 1.40. The van der Waals surface area contributed by atoms with Gasteiger partial charge in [-0.05, 0) is 23.8 Å². The smallest absolute Gasteiger partial charge is 0.244 e. The maximum Gasteiger partial charge on any atom is 0.244 e. The standard InChI is InChI=1S/C16H13NO6/c18-12-6-11(21-8-13(12)19)7-17-16(20)4-2-10-1-3-14-15(5-10)23-9-22-14/h1-6,8,19H,7,9H2,(H,17,20)/b4-2+. The van der Waals surface area contributed by atoms with Crippen molar-refractivity contribution in [3.05, 3.63) is 58.2 Å². The molecule has 23 heavy (non-hydrogen) atoms. The molecule has 0 bridgehead atoms. The van der Waals surface area contributed by atoms with Crippen molar-refractivity contribution in [2.24, 2.45) is 0 Å². The number of fused-ring (bicyclic) bond motifs is 1. The third-order valence-electron chi connectivity index (χ3n) is 3.13. The summed E-state index contributed by atoms with van der Waals surface area (Å²) in [5.41, 5.74) is 0.233. The maximum atomic E-state index is 11.8. The minimum Gasteiger partial charge on any atom is -0.502 e. The summed E-state index contributed by atoms with van der Waals surface area (Å²) in [6.07, 6.45) is 3.92. The molecule has 2 aromatic rings. The number of ether oxygens (including phenoxy) is 2. The molecular weight excluding hydrogens is 302 g/mol. The Morgan fingerprint density at radius 1 is 1.26 bits per heavy atom. The van der Waals surface area contributed by atoms with Gasteiger partial charge in [-0.15, -0.1) is 0 Å². The summed E-state index contributed by atoms with van der Waals surface area (Å²) in [7, 11) is 0. The molecule has 0 radical (unpaired) electrons. The van der Waals surface area contributed by atoms with Crippen LogP contribution in [0, 0.1) is 0 Å². The van der Waals surface area contributed by atoms with Crippen molar-refractivity contribution in [3.8, 4) is 17.2 Å². The molecule has 0 saturated carbocycles. The number of nitrogens with one attached hydrogen (secondary N) is 1. The molecular formula is C16H13NO6. The van der Waals surface area contributed by atoms with E-state index < -0.39 is 11.2 Å². The molecule has 7 heteroatoms. The van der Waals surface area contributed by atoms with E-state index >= 15 is 0 Å². The summed E-state index contributed by atoms with van der Waals surface area (Å²) in [6, 6.07) is 6.46. The molecule has 7 nitrogen and oxygen atoms in total. The first-order valence-corrected chi connectivity index (χ1v) is 6.78. The van der Waals surface area contributed by atoms with E-state index in [4.69, 9.17) is 19.0 Å². The zero-order valence-corrected chi connectivity index (χ0v) is 11.9. The van der Waals surface area contributed by atoms with Gasteiger partial charge in [0.1, 0.15) is 12.0 Å². The van der Waals surface area contributed by atoms with Gasteiger partial charge in [0.2, 0.25) is 18.1 Å². The third-order valence-corrected chi connectivity index (χ3v) is 3.13. The highest BCUT2D eigenvalue weighted by molar-refractivity contribution is 5.91. The van der Waals surface area contributed by atoms with Crippen molar-refractivity contribution in [1.29, 1.82) is 0 Å². The van der Waals surface area contributed by atoms with Crippen LogP contribution < -0.4 is 20.2 Å². The molecule has 1 aliphatic rings. The van der Waals surface area contributed by atoms with Crippen LogP contribution in [0.15, 0.2) is 45.8 Å². The van der Waals surface area contributed by atoms with E-state index in [1.54, 1.807) is 24.3 Å². The molecule has 0 saturated heterocycles. The van der Waals surface area contributed by atoms with Crippen molar-refractivity contribution in [2.45, 2.75) is 6.54 Å². The van der Waals surface area contributed by atoms with E-state index in [1.165, 1.54) is 6.08 Å². The van der Waals surface area contributed by atoms with Gasteiger partial charge < -0.3 is 24.3 Å². The second-order valence-corrected chi connectivity index (χ2v) is 4.76. The lowest BCUT2D eigenvalue weighted by molar-refractivity contribution is -0.116. The molecule has 0 fully saturated rings. The quantitative estimate of drug-likeness (QED) is 0.828. The monoisotopic (exact) mass is 315 g/mol. The highest BCUT2D eigenvalue weighted by atomic mass is 16.7. The van der Waals surface area contributed by atoms with Crippen molar-refractivity contribution < 1.29 is 23.8 Å². The first-order valence-electron chi connectivity index (χ1n) is 6.78. The summed E-state index contributed by atoms with van der Waals surface area (Å²) < 4.78 is 15.4. The molecule has 0 aliphatic carbocycles. The molecule has 0 spiro atoms. The average molecular weight is 315 g/mol. The Morgan fingerprint density at radius 3 is 2.91 bits per heavy atom. The lowest BCUT2D eigenvalue weighted by Crippen LogP contribution is -2.20. The summed E-state index contributed by atoms with van der Waals surface area (Å²) >= 11 is 0. The number of amides is 1. The first kappa shape index (κ1) is 14.7. The topological polar surface area (TPSA) is 98.0 Å². The van der Waals surface area contributed by atoms with Gasteiger partial charge in [0.05, 0.1) is 6.54 Å². The van der Waals surface area contributed by atoms with E-state index in [0.717, 1.165) is 17.9 Å². The van der Waals surface area contributed by atoms with Crippen LogP contribution in [0.4, 0.5) is 0 Å². The molecule has 2 heterocycles. The van der Waals surface area contributed by atoms with Gasteiger partial charge in [-0.2, -0.15) is 0 Å². The number of carbonyl (C=O) groups excluding carboxylic acids is 1. The van der Waals surface area contributed by atoms with E-state index in [1.807, 2.05) is 0 Å². The predicted molar refractivity (Wildman–Crippen MR) is 80.1 cm³/mol. The second-order valence-electron chi connectivity index (χ2n) is 4.76. The van der Waals surface area contributed by atoms with Gasteiger partial charge in [-0.1, -0.05) is 6.07 Å². The SMILES string of the molecule is O=C(/C=C/c1ccc2c(c1)OCO2)NCc1cc(=O)c(O)co1. The van der Waals surface area contributed by atoms with E-state index in [-0.39, 0.29) is 25.0 Å². The summed E-state index contributed by atoms with van der Waals surface area (Å²) in [6.45, 7) is 0.237. The Hall–Kier alpha value is -3.22. The van der Waals surface area contributed by atoms with Crippen LogP contribution >= 0.6 is 0 Å². The van der Waals surface area contributed by atoms with Crippen LogP contribution in [0.3, 0.4) is 0 Å². The molecule has 0 unspecified atom stereocenters. The van der Waals surface area contributed by atoms with E-state index in [9.17, 15) is 9.59 Å². The zero-order chi connectivity index (χ0) is 16.2. The first-order chi connectivity index (χ1) is 11.1. The van der Waals surface area contributed by atoms with Crippen LogP contribution in [-0.4, -0.2) is 17.8 Å². The Labute approximate surface area is 130 Å². The Balaban J connectivity index is 1.58. The molecule has 3 rings (SSSR count). The lowest BCUT2D eigenvalue weighted by atomic mass is 10.2.